The molecule has 4 aliphatic carbocycles. The third kappa shape index (κ3) is 21.3. The van der Waals surface area contributed by atoms with Gasteiger partial charge in [-0.25, -0.2) is 0 Å². The van der Waals surface area contributed by atoms with E-state index in [-0.39, 0.29) is 13.2 Å². The van der Waals surface area contributed by atoms with E-state index in [0.717, 1.165) is 62.0 Å². The van der Waals surface area contributed by atoms with E-state index in [1.54, 1.807) is 58.5 Å². The van der Waals surface area contributed by atoms with Gasteiger partial charge in [0, 0.05) is 26.9 Å². The Balaban J connectivity index is 0.000000824. The first-order chi connectivity index (χ1) is 27.3. The van der Waals surface area contributed by atoms with Gasteiger partial charge in [0.1, 0.15) is 0 Å². The van der Waals surface area contributed by atoms with Crippen LogP contribution in [0.2, 0.25) is 0 Å². The van der Waals surface area contributed by atoms with Crippen molar-refractivity contribution in [2.45, 2.75) is 213 Å². The Morgan fingerprint density at radius 3 is 1.59 bits per heavy atom. The molecule has 0 aromatic carbocycles. The van der Waals surface area contributed by atoms with Gasteiger partial charge in [0.15, 0.2) is 0 Å². The molecule has 0 aliphatic heterocycles. The number of nitrogens with one attached hydrogen (secondary N) is 1. The molecule has 336 valence electrons. The van der Waals surface area contributed by atoms with Crippen LogP contribution in [-0.2, 0) is 4.74 Å². The minimum atomic E-state index is 0.219. The maximum atomic E-state index is 7.99. The molecule has 0 aromatic heterocycles. The van der Waals surface area contributed by atoms with Crippen LogP contribution in [0.5, 0.6) is 0 Å². The fourth-order valence-electron chi connectivity index (χ4n) is 11.5. The van der Waals surface area contributed by atoms with Gasteiger partial charge in [0.25, 0.3) is 0 Å². The van der Waals surface area contributed by atoms with Crippen LogP contribution < -0.4 is 22.5 Å². The topological polar surface area (TPSA) is 140 Å². The molecule has 0 radical (unpaired) electrons. The van der Waals surface area contributed by atoms with Crippen LogP contribution in [-0.4, -0.2) is 69.9 Å². The second kappa shape index (κ2) is 35.5. The van der Waals surface area contributed by atoms with Crippen molar-refractivity contribution in [2.24, 2.45) is 57.6 Å². The van der Waals surface area contributed by atoms with Crippen molar-refractivity contribution >= 4 is 0 Å². The molecule has 4 rings (SSSR count). The zero-order valence-electron chi connectivity index (χ0n) is 38.3. The van der Waals surface area contributed by atoms with Crippen molar-refractivity contribution in [1.29, 1.82) is 0 Å². The summed E-state index contributed by atoms with van der Waals surface area (Å²) in [5.74, 6) is 5.31. The molecule has 56 heavy (non-hydrogen) atoms. The van der Waals surface area contributed by atoms with E-state index in [2.05, 4.69) is 26.1 Å². The summed E-state index contributed by atoms with van der Waals surface area (Å²) >= 11 is 0. The first-order valence-electron chi connectivity index (χ1n) is 24.9. The molecule has 4 aliphatic rings. The van der Waals surface area contributed by atoms with Gasteiger partial charge in [-0.2, -0.15) is 0 Å². The lowest BCUT2D eigenvalue weighted by Gasteiger charge is -2.60. The van der Waals surface area contributed by atoms with E-state index in [1.165, 1.54) is 135 Å². The normalized spacial score (nSPS) is 27.7. The van der Waals surface area contributed by atoms with E-state index in [0.29, 0.717) is 23.9 Å². The van der Waals surface area contributed by atoms with Gasteiger partial charge in [-0.3, -0.25) is 0 Å². The predicted octanol–water partition coefficient (Wildman–Crippen LogP) is 10.9. The number of hydrogen-bond acceptors (Lipinski definition) is 7. The summed E-state index contributed by atoms with van der Waals surface area (Å²) in [5, 5.41) is 19.8. The highest BCUT2D eigenvalue weighted by atomic mass is 16.5. The maximum Gasteiger partial charge on any atom is 0.0474 e. The Kier molecular flexibility index (Phi) is 34.0. The minimum Gasteiger partial charge on any atom is -0.396 e. The third-order valence-electron chi connectivity index (χ3n) is 14.9. The molecule has 7 unspecified atom stereocenters. The highest BCUT2D eigenvalue weighted by Gasteiger charge is 2.59. The maximum absolute atomic E-state index is 7.99. The number of ether oxygens (including phenoxy) is 1. The molecule has 9 N–H and O–H groups in total. The third-order valence-corrected chi connectivity index (χ3v) is 14.9. The van der Waals surface area contributed by atoms with Gasteiger partial charge in [-0.05, 0) is 163 Å². The summed E-state index contributed by atoms with van der Waals surface area (Å²) in [4.78, 5) is 0. The Morgan fingerprint density at radius 1 is 0.554 bits per heavy atom. The Morgan fingerprint density at radius 2 is 1.09 bits per heavy atom. The first kappa shape index (κ1) is 53.7. The zero-order chi connectivity index (χ0) is 41.2. The summed E-state index contributed by atoms with van der Waals surface area (Å²) in [6.07, 6.45) is 42.8. The van der Waals surface area contributed by atoms with E-state index >= 15 is 0 Å². The lowest BCUT2D eigenvalue weighted by Crippen LogP contribution is -2.52. The minimum absolute atomic E-state index is 0.219. The smallest absolute Gasteiger partial charge is 0.0474 e. The van der Waals surface area contributed by atoms with Crippen LogP contribution in [0.4, 0.5) is 0 Å². The fraction of sp³-hybridized carbons (Fsp3) is 1.00. The molecule has 7 heteroatoms. The number of unbranched alkanes of at least 4 members (excludes halogenated alkanes) is 14. The largest absolute Gasteiger partial charge is 0.396 e. The van der Waals surface area contributed by atoms with Gasteiger partial charge in [-0.1, -0.05) is 124 Å². The molecule has 4 saturated carbocycles. The second-order valence-electron chi connectivity index (χ2n) is 18.9. The first-order valence-corrected chi connectivity index (χ1v) is 24.9. The molecule has 0 bridgehead atoms. The molecule has 0 spiro atoms. The summed E-state index contributed by atoms with van der Waals surface area (Å²) < 4.78 is 4.70. The summed E-state index contributed by atoms with van der Waals surface area (Å²) in [5.41, 5.74) is 16.5. The Bertz CT molecular complexity index is 836. The monoisotopic (exact) mass is 795 g/mol. The molecule has 7 atom stereocenters. The van der Waals surface area contributed by atoms with E-state index in [4.69, 9.17) is 32.2 Å². The summed E-state index contributed by atoms with van der Waals surface area (Å²) in [6.45, 7) is 13.5. The van der Waals surface area contributed by atoms with Crippen molar-refractivity contribution in [3.8, 4) is 0 Å². The number of hydrogen-bond donors (Lipinski definition) is 6. The van der Waals surface area contributed by atoms with Gasteiger partial charge in [0.2, 0.25) is 0 Å². The molecule has 0 heterocycles. The van der Waals surface area contributed by atoms with Crippen LogP contribution >= 0.6 is 0 Å². The Hall–Kier alpha value is -0.280. The van der Waals surface area contributed by atoms with E-state index < -0.39 is 0 Å². The highest BCUT2D eigenvalue weighted by Crippen LogP contribution is 2.67. The average molecular weight is 795 g/mol. The van der Waals surface area contributed by atoms with Crippen LogP contribution in [0.15, 0.2) is 0 Å². The number of aliphatic hydroxyl groups excluding tert-OH is 2. The van der Waals surface area contributed by atoms with Gasteiger partial charge < -0.3 is 37.5 Å². The van der Waals surface area contributed by atoms with Gasteiger partial charge in [-0.15, -0.1) is 0 Å². The SMILES string of the molecule is CCCCCCCCCCCCCCCCNCCCCC1CCC2C3CCC4CCCCC4(C)C3CCC12C.COCCCN.NCCCO.NCCCO. The van der Waals surface area contributed by atoms with Gasteiger partial charge >= 0.3 is 0 Å². The van der Waals surface area contributed by atoms with E-state index in [1.807, 2.05) is 0 Å². The molecular weight excluding hydrogens is 693 g/mol. The van der Waals surface area contributed by atoms with Crippen molar-refractivity contribution in [2.75, 3.05) is 59.7 Å². The van der Waals surface area contributed by atoms with Crippen molar-refractivity contribution in [3.05, 3.63) is 0 Å². The Labute approximate surface area is 350 Å². The van der Waals surface area contributed by atoms with Crippen molar-refractivity contribution in [1.82, 2.24) is 5.32 Å². The number of nitrogens with two attached hydrogens (primary N) is 3. The number of aliphatic hydroxyl groups is 2. The summed E-state index contributed by atoms with van der Waals surface area (Å²) in [7, 11) is 1.68. The quantitative estimate of drug-likeness (QED) is 0.0455. The molecular formula is C49H102N4O3. The number of fused-ring (bicyclic) bond motifs is 5. The highest BCUT2D eigenvalue weighted by molar-refractivity contribution is 5.08. The number of methoxy groups -OCH3 is 1. The lowest BCUT2D eigenvalue weighted by atomic mass is 9.45. The predicted molar refractivity (Wildman–Crippen MR) is 244 cm³/mol. The van der Waals surface area contributed by atoms with Gasteiger partial charge in [0.05, 0.1) is 0 Å². The molecule has 4 fully saturated rings. The lowest BCUT2D eigenvalue weighted by molar-refractivity contribution is -0.111. The summed E-state index contributed by atoms with van der Waals surface area (Å²) in [6, 6.07) is 0. The van der Waals surface area contributed by atoms with E-state index in [9.17, 15) is 0 Å². The van der Waals surface area contributed by atoms with Crippen molar-refractivity contribution < 1.29 is 14.9 Å². The molecule has 0 saturated heterocycles. The fourth-order valence-corrected chi connectivity index (χ4v) is 11.5. The van der Waals surface area contributed by atoms with Crippen LogP contribution in [0.3, 0.4) is 0 Å². The molecule has 7 nitrogen and oxygen atoms in total. The van der Waals surface area contributed by atoms with Crippen LogP contribution in [0, 0.1) is 40.4 Å². The average Bonchev–Trinajstić information content (AvgIpc) is 3.55. The molecule has 0 amide bonds. The zero-order valence-corrected chi connectivity index (χ0v) is 38.3. The standard InChI is InChI=1S/C39H73N.C4H11NO.2C3H9NO/c1-4-5-6-7-8-9-10-11-12-13-14-15-16-20-31-40-32-21-18-23-34-25-27-36-35-26-24-33-22-17-19-29-38(33,2)37(35)28-30-39(34,36)3;1-6-4-2-3-5;2*4-2-1-3-5/h33-37,40H,4-32H2,1-3H3;2-5H2,1H3;2*5H,1-4H2. The number of rotatable bonds is 27. The van der Waals surface area contributed by atoms with Crippen molar-refractivity contribution in [3.63, 3.8) is 0 Å². The van der Waals surface area contributed by atoms with Crippen LogP contribution in [0.25, 0.3) is 0 Å². The molecule has 0 aromatic rings. The second-order valence-corrected chi connectivity index (χ2v) is 18.9. The van der Waals surface area contributed by atoms with Crippen LogP contribution in [0.1, 0.15) is 213 Å².